The molecule has 392 valence electrons. The quantitative estimate of drug-likeness (QED) is 0.0295. The van der Waals surface area contributed by atoms with Gasteiger partial charge < -0.3 is 56.9 Å². The molecule has 0 spiro atoms. The maximum atomic E-state index is 13.0. The van der Waals surface area contributed by atoms with E-state index in [1.54, 1.807) is 0 Å². The molecule has 4 atom stereocenters. The predicted molar refractivity (Wildman–Crippen MR) is 250 cm³/mol. The molecule has 0 aromatic heterocycles. The van der Waals surface area contributed by atoms with Crippen LogP contribution in [0.3, 0.4) is 0 Å². The predicted octanol–water partition coefficient (Wildman–Crippen LogP) is 4.61. The number of rotatable bonds is 42. The molecule has 10 N–H and O–H groups in total. The normalized spacial score (nSPS) is 16.1. The summed E-state index contributed by atoms with van der Waals surface area (Å²) in [4.78, 5) is 131. The maximum absolute atomic E-state index is 13.0. The number of carboxylic acids is 5. The van der Waals surface area contributed by atoms with E-state index in [4.69, 9.17) is 5.11 Å². The van der Waals surface area contributed by atoms with Gasteiger partial charge in [0.2, 0.25) is 29.5 Å². The Bertz CT molecular complexity index is 1640. The minimum atomic E-state index is -1.61. The largest absolute Gasteiger partial charge is 0.481 e. The molecule has 69 heavy (non-hydrogen) atoms. The molecule has 0 unspecified atom stereocenters. The third kappa shape index (κ3) is 31.2. The van der Waals surface area contributed by atoms with Crippen LogP contribution in [0.2, 0.25) is 0 Å². The Morgan fingerprint density at radius 3 is 1.09 bits per heavy atom. The van der Waals surface area contributed by atoms with Gasteiger partial charge in [0, 0.05) is 51.0 Å². The van der Waals surface area contributed by atoms with E-state index in [0.717, 1.165) is 38.5 Å². The van der Waals surface area contributed by atoms with Crippen molar-refractivity contribution in [1.29, 1.82) is 0 Å². The second-order valence-electron chi connectivity index (χ2n) is 18.2. The fourth-order valence-corrected chi connectivity index (χ4v) is 8.19. The molecule has 0 aromatic rings. The highest BCUT2D eigenvalue weighted by Gasteiger charge is 2.31. The van der Waals surface area contributed by atoms with Crippen molar-refractivity contribution in [2.45, 2.75) is 217 Å². The summed E-state index contributed by atoms with van der Waals surface area (Å²) in [7, 11) is 0. The van der Waals surface area contributed by atoms with Crippen molar-refractivity contribution in [3.05, 3.63) is 0 Å². The lowest BCUT2D eigenvalue weighted by Gasteiger charge is -2.28. The van der Waals surface area contributed by atoms with Crippen LogP contribution in [0.4, 0.5) is 0 Å². The monoisotopic (exact) mass is 982 g/mol. The summed E-state index contributed by atoms with van der Waals surface area (Å²) >= 11 is 0. The molecule has 0 saturated heterocycles. The number of carbonyl (C=O) groups is 11. The first-order valence-electron chi connectivity index (χ1n) is 24.9. The third-order valence-electron chi connectivity index (χ3n) is 12.4. The SMILES string of the molecule is O=CCC[C@H](NC(=O)CC[C@H](NC(=O)CC[C@H](NC(=O)CC[C@H](NC(=O)C1CCC(CNC(=O)CCCCCCCCCCCCCCCCCCC(=O)O)CC1)C(=O)O)C(=O)O)C(=O)O)C(=O)O. The number of aldehydes is 1. The lowest BCUT2D eigenvalue weighted by molar-refractivity contribution is -0.144. The highest BCUT2D eigenvalue weighted by molar-refractivity contribution is 5.88. The number of carboxylic acid groups (broad SMARTS) is 5. The Hall–Kier alpha value is -5.63. The van der Waals surface area contributed by atoms with Gasteiger partial charge in [-0.2, -0.15) is 0 Å². The third-order valence-corrected chi connectivity index (χ3v) is 12.4. The number of carbonyl (C=O) groups excluding carboxylic acids is 6. The number of hydrogen-bond donors (Lipinski definition) is 10. The van der Waals surface area contributed by atoms with E-state index in [0.29, 0.717) is 44.9 Å². The van der Waals surface area contributed by atoms with Crippen LogP contribution in [0.1, 0.15) is 193 Å². The number of amides is 5. The highest BCUT2D eigenvalue weighted by Crippen LogP contribution is 2.29. The Kier molecular flexibility index (Phi) is 33.2. The van der Waals surface area contributed by atoms with Gasteiger partial charge in [-0.3, -0.25) is 28.8 Å². The molecule has 1 fully saturated rings. The van der Waals surface area contributed by atoms with Gasteiger partial charge in [-0.1, -0.05) is 89.9 Å². The zero-order valence-electron chi connectivity index (χ0n) is 40.2. The van der Waals surface area contributed by atoms with Gasteiger partial charge in [0.15, 0.2) is 0 Å². The van der Waals surface area contributed by atoms with E-state index in [-0.39, 0.29) is 37.5 Å². The van der Waals surface area contributed by atoms with Crippen LogP contribution >= 0.6 is 0 Å². The van der Waals surface area contributed by atoms with Crippen molar-refractivity contribution in [2.75, 3.05) is 6.54 Å². The average molecular weight is 982 g/mol. The van der Waals surface area contributed by atoms with Gasteiger partial charge in [0.1, 0.15) is 30.5 Å². The van der Waals surface area contributed by atoms with Gasteiger partial charge in [-0.05, 0) is 70.1 Å². The fraction of sp³-hybridized carbons (Fsp3) is 0.771. The summed E-state index contributed by atoms with van der Waals surface area (Å²) in [6.45, 7) is 0.503. The lowest BCUT2D eigenvalue weighted by Crippen LogP contribution is -2.46. The first-order chi connectivity index (χ1) is 32.9. The Morgan fingerprint density at radius 1 is 0.406 bits per heavy atom. The van der Waals surface area contributed by atoms with E-state index < -0.39 is 116 Å². The van der Waals surface area contributed by atoms with Crippen LogP contribution in [0.5, 0.6) is 0 Å². The molecule has 21 heteroatoms. The van der Waals surface area contributed by atoms with Crippen LogP contribution in [0.25, 0.3) is 0 Å². The van der Waals surface area contributed by atoms with Crippen LogP contribution in [0, 0.1) is 11.8 Å². The summed E-state index contributed by atoms with van der Waals surface area (Å²) in [5.74, 6) is -9.90. The molecule has 0 aliphatic heterocycles. The lowest BCUT2D eigenvalue weighted by atomic mass is 9.81. The Labute approximate surface area is 404 Å². The molecule has 0 bridgehead atoms. The summed E-state index contributed by atoms with van der Waals surface area (Å²) in [6.07, 6.45) is 18.6. The Balaban J connectivity index is 2.29. The van der Waals surface area contributed by atoms with Crippen molar-refractivity contribution in [3.63, 3.8) is 0 Å². The fourth-order valence-electron chi connectivity index (χ4n) is 8.19. The molecule has 1 aliphatic carbocycles. The Morgan fingerprint density at radius 2 is 0.739 bits per heavy atom. The van der Waals surface area contributed by atoms with Gasteiger partial charge in [-0.25, -0.2) is 19.2 Å². The minimum absolute atomic E-state index is 0.00595. The standard InChI is InChI=1S/C48H79N5O16/c54-31-17-18-35(45(62)63)50-40(56)28-25-36(46(64)65)51-41(57)29-26-37(47(66)67)52-42(58)30-27-38(48(68)69)53-44(61)34-23-21-33(22-24-34)32-49-39(55)19-15-13-11-9-7-5-3-1-2-4-6-8-10-12-14-16-20-43(59)60/h31,33-38H,1-30,32H2,(H,49,55)(H,50,56)(H,51,57)(H,52,58)(H,53,61)(H,59,60)(H,62,63)(H,64,65)(H,66,67)(H,68,69)/t33?,34?,35-,36-,37-,38-/m0/s1. The second kappa shape index (κ2) is 37.3. The molecule has 1 rings (SSSR count). The molecular formula is C48H79N5O16. The first kappa shape index (κ1) is 61.4. The van der Waals surface area contributed by atoms with E-state index in [2.05, 4.69) is 26.6 Å². The van der Waals surface area contributed by atoms with Crippen LogP contribution in [-0.2, 0) is 52.7 Å². The molecule has 1 saturated carbocycles. The highest BCUT2D eigenvalue weighted by atomic mass is 16.4. The zero-order valence-corrected chi connectivity index (χ0v) is 40.2. The van der Waals surface area contributed by atoms with Crippen molar-refractivity contribution in [3.8, 4) is 0 Å². The zero-order chi connectivity index (χ0) is 51.4. The topological polar surface area (TPSA) is 349 Å². The van der Waals surface area contributed by atoms with Crippen molar-refractivity contribution in [1.82, 2.24) is 26.6 Å². The summed E-state index contributed by atoms with van der Waals surface area (Å²) in [6, 6.07) is -6.03. The maximum Gasteiger partial charge on any atom is 0.326 e. The minimum Gasteiger partial charge on any atom is -0.481 e. The smallest absolute Gasteiger partial charge is 0.326 e. The van der Waals surface area contributed by atoms with Gasteiger partial charge in [-0.15, -0.1) is 0 Å². The molecular weight excluding hydrogens is 903 g/mol. The van der Waals surface area contributed by atoms with E-state index in [1.165, 1.54) is 64.2 Å². The molecule has 0 heterocycles. The molecule has 21 nitrogen and oxygen atoms in total. The summed E-state index contributed by atoms with van der Waals surface area (Å²) in [5.41, 5.74) is 0. The van der Waals surface area contributed by atoms with Crippen molar-refractivity contribution >= 4 is 65.7 Å². The molecule has 0 radical (unpaired) electrons. The molecule has 5 amide bonds. The number of aliphatic carboxylic acids is 5. The first-order valence-corrected chi connectivity index (χ1v) is 24.9. The van der Waals surface area contributed by atoms with Gasteiger partial charge >= 0.3 is 29.8 Å². The van der Waals surface area contributed by atoms with Gasteiger partial charge in [0.05, 0.1) is 0 Å². The van der Waals surface area contributed by atoms with E-state index >= 15 is 0 Å². The van der Waals surface area contributed by atoms with E-state index in [1.807, 2.05) is 0 Å². The number of nitrogens with one attached hydrogen (secondary N) is 5. The number of hydrogen-bond acceptors (Lipinski definition) is 11. The van der Waals surface area contributed by atoms with Crippen LogP contribution < -0.4 is 26.6 Å². The summed E-state index contributed by atoms with van der Waals surface area (Å²) in [5, 5.41) is 58.7. The van der Waals surface area contributed by atoms with Crippen LogP contribution in [-0.4, -0.2) is 122 Å². The second-order valence-corrected chi connectivity index (χ2v) is 18.2. The number of unbranched alkanes of at least 4 members (excludes halogenated alkanes) is 15. The van der Waals surface area contributed by atoms with Crippen molar-refractivity contribution < 1.29 is 78.3 Å². The van der Waals surface area contributed by atoms with Crippen LogP contribution in [0.15, 0.2) is 0 Å². The van der Waals surface area contributed by atoms with E-state index in [9.17, 15) is 73.2 Å². The summed E-state index contributed by atoms with van der Waals surface area (Å²) < 4.78 is 0. The molecule has 0 aromatic carbocycles. The average Bonchev–Trinajstić information content (AvgIpc) is 3.30. The van der Waals surface area contributed by atoms with Gasteiger partial charge in [0.25, 0.3) is 0 Å². The molecule has 1 aliphatic rings. The van der Waals surface area contributed by atoms with Crippen molar-refractivity contribution in [2.24, 2.45) is 11.8 Å².